The number of halogens is 1. The second-order valence-electron chi connectivity index (χ2n) is 2.20. The molecule has 3 nitrogen and oxygen atoms in total. The highest BCUT2D eigenvalue weighted by Crippen LogP contribution is 2.13. The van der Waals surface area contributed by atoms with Gasteiger partial charge in [0.2, 0.25) is 0 Å². The lowest BCUT2D eigenvalue weighted by atomic mass is 10.1. The van der Waals surface area contributed by atoms with E-state index in [9.17, 15) is 9.70 Å². The van der Waals surface area contributed by atoms with E-state index in [4.69, 9.17) is 11.6 Å². The van der Waals surface area contributed by atoms with E-state index in [1.807, 2.05) is 0 Å². The van der Waals surface area contributed by atoms with Gasteiger partial charge in [-0.2, -0.15) is 0 Å². The maximum atomic E-state index is 11.0. The zero-order valence-electron chi connectivity index (χ0n) is 6.16. The third-order valence-electron chi connectivity index (χ3n) is 1.39. The van der Waals surface area contributed by atoms with Crippen LogP contribution in [0, 0.1) is 4.91 Å². The zero-order valence-corrected chi connectivity index (χ0v) is 6.91. The average molecular weight is 184 g/mol. The van der Waals surface area contributed by atoms with Crippen LogP contribution in [-0.4, -0.2) is 11.7 Å². The summed E-state index contributed by atoms with van der Waals surface area (Å²) in [4.78, 5) is 21.1. The van der Waals surface area contributed by atoms with Crippen molar-refractivity contribution in [3.05, 3.63) is 34.7 Å². The van der Waals surface area contributed by atoms with Crippen molar-refractivity contribution in [3.63, 3.8) is 0 Å². The largest absolute Gasteiger partial charge is 0.293 e. The van der Waals surface area contributed by atoms with Gasteiger partial charge in [-0.3, -0.25) is 4.79 Å². The summed E-state index contributed by atoms with van der Waals surface area (Å²) < 4.78 is 0. The van der Waals surface area contributed by atoms with Gasteiger partial charge < -0.3 is 0 Å². The van der Waals surface area contributed by atoms with Crippen molar-refractivity contribution in [2.45, 2.75) is 0 Å². The second-order valence-corrected chi connectivity index (χ2v) is 2.47. The fraction of sp³-hybridized carbons (Fsp3) is 0.125. The van der Waals surface area contributed by atoms with Gasteiger partial charge in [-0.15, -0.1) is 16.5 Å². The molecule has 1 aromatic rings. The van der Waals surface area contributed by atoms with Gasteiger partial charge in [-0.1, -0.05) is 12.1 Å². The molecule has 0 spiro atoms. The number of nitrogens with zero attached hydrogens (tertiary/aromatic N) is 1. The standard InChI is InChI=1S/C8H6ClNO2/c9-5-8(11)6-2-1-3-7(4-6)10-12/h1-4H,5H2. The van der Waals surface area contributed by atoms with Crippen LogP contribution in [0.2, 0.25) is 0 Å². The Balaban J connectivity index is 3.01. The summed E-state index contributed by atoms with van der Waals surface area (Å²) in [5, 5.41) is 2.70. The minimum Gasteiger partial charge on any atom is -0.293 e. The van der Waals surface area contributed by atoms with Crippen LogP contribution in [0.5, 0.6) is 0 Å². The number of benzene rings is 1. The summed E-state index contributed by atoms with van der Waals surface area (Å²) in [6.07, 6.45) is 0. The number of nitroso groups, excluding NO2 is 1. The summed E-state index contributed by atoms with van der Waals surface area (Å²) in [5.41, 5.74) is 0.660. The van der Waals surface area contributed by atoms with Crippen LogP contribution in [0.3, 0.4) is 0 Å². The summed E-state index contributed by atoms with van der Waals surface area (Å²) >= 11 is 5.32. The highest BCUT2D eigenvalue weighted by Gasteiger charge is 2.03. The third kappa shape index (κ3) is 1.89. The van der Waals surface area contributed by atoms with Crippen LogP contribution in [0.1, 0.15) is 10.4 Å². The minimum atomic E-state index is -0.206. The molecule has 0 unspecified atom stereocenters. The molecule has 0 saturated heterocycles. The van der Waals surface area contributed by atoms with E-state index in [2.05, 4.69) is 5.18 Å². The number of hydrogen-bond acceptors (Lipinski definition) is 3. The summed E-state index contributed by atoms with van der Waals surface area (Å²) in [5.74, 6) is -0.287. The normalized spacial score (nSPS) is 9.42. The van der Waals surface area contributed by atoms with Gasteiger partial charge in [0, 0.05) is 5.56 Å². The molecule has 62 valence electrons. The highest BCUT2D eigenvalue weighted by atomic mass is 35.5. The van der Waals surface area contributed by atoms with Crippen molar-refractivity contribution < 1.29 is 4.79 Å². The first-order chi connectivity index (χ1) is 5.77. The number of hydrogen-bond donors (Lipinski definition) is 0. The Hall–Kier alpha value is -1.22. The molecule has 1 rings (SSSR count). The molecule has 0 radical (unpaired) electrons. The monoisotopic (exact) mass is 183 g/mol. The Kier molecular flexibility index (Phi) is 2.94. The molecular weight excluding hydrogens is 178 g/mol. The fourth-order valence-corrected chi connectivity index (χ4v) is 0.968. The second kappa shape index (κ2) is 3.97. The smallest absolute Gasteiger partial charge is 0.177 e. The van der Waals surface area contributed by atoms with Gasteiger partial charge in [0.1, 0.15) is 5.69 Å². The first-order valence-electron chi connectivity index (χ1n) is 3.30. The molecule has 12 heavy (non-hydrogen) atoms. The van der Waals surface area contributed by atoms with Crippen LogP contribution in [-0.2, 0) is 0 Å². The van der Waals surface area contributed by atoms with Gasteiger partial charge in [0.25, 0.3) is 0 Å². The average Bonchev–Trinajstić information content (AvgIpc) is 2.17. The molecule has 0 saturated carbocycles. The molecule has 0 heterocycles. The first-order valence-corrected chi connectivity index (χ1v) is 3.84. The zero-order chi connectivity index (χ0) is 8.97. The SMILES string of the molecule is O=Nc1cccc(C(=O)CCl)c1. The van der Waals surface area contributed by atoms with Crippen molar-refractivity contribution >= 4 is 23.1 Å². The molecule has 0 aromatic heterocycles. The highest BCUT2D eigenvalue weighted by molar-refractivity contribution is 6.30. The van der Waals surface area contributed by atoms with Crippen LogP contribution in [0.4, 0.5) is 5.69 Å². The van der Waals surface area contributed by atoms with Crippen molar-refractivity contribution in [2.24, 2.45) is 5.18 Å². The molecule has 0 aliphatic rings. The summed E-state index contributed by atoms with van der Waals surface area (Å²) in [7, 11) is 0. The lowest BCUT2D eigenvalue weighted by molar-refractivity contribution is 0.102. The quantitative estimate of drug-likeness (QED) is 0.411. The van der Waals surface area contributed by atoms with E-state index in [1.165, 1.54) is 12.1 Å². The Bertz CT molecular complexity index is 312. The number of alkyl halides is 1. The molecule has 4 heteroatoms. The molecule has 0 N–H and O–H groups in total. The van der Waals surface area contributed by atoms with Crippen molar-refractivity contribution in [1.29, 1.82) is 0 Å². The van der Waals surface area contributed by atoms with Gasteiger partial charge in [-0.05, 0) is 17.3 Å². The molecule has 0 fully saturated rings. The summed E-state index contributed by atoms with van der Waals surface area (Å²) in [6, 6.07) is 6.13. The molecule has 0 atom stereocenters. The van der Waals surface area contributed by atoms with E-state index in [1.54, 1.807) is 12.1 Å². The van der Waals surface area contributed by atoms with Crippen molar-refractivity contribution in [1.82, 2.24) is 0 Å². The Morgan fingerprint density at radius 1 is 1.50 bits per heavy atom. The van der Waals surface area contributed by atoms with Gasteiger partial charge in [-0.25, -0.2) is 0 Å². The number of rotatable bonds is 3. The lowest BCUT2D eigenvalue weighted by Gasteiger charge is -1.95. The van der Waals surface area contributed by atoms with Crippen LogP contribution < -0.4 is 0 Å². The Morgan fingerprint density at radius 3 is 2.83 bits per heavy atom. The molecular formula is C8H6ClNO2. The van der Waals surface area contributed by atoms with Crippen LogP contribution in [0.25, 0.3) is 0 Å². The molecule has 0 amide bonds. The van der Waals surface area contributed by atoms with Crippen LogP contribution in [0.15, 0.2) is 29.4 Å². The number of carbonyl (C=O) groups is 1. The number of ketones is 1. The van der Waals surface area contributed by atoms with Crippen molar-refractivity contribution in [2.75, 3.05) is 5.88 Å². The molecule has 0 aliphatic heterocycles. The molecule has 1 aromatic carbocycles. The van der Waals surface area contributed by atoms with E-state index < -0.39 is 0 Å². The van der Waals surface area contributed by atoms with E-state index in [0.717, 1.165) is 0 Å². The van der Waals surface area contributed by atoms with Gasteiger partial charge in [0.15, 0.2) is 5.78 Å². The lowest BCUT2D eigenvalue weighted by Crippen LogP contribution is -1.98. The molecule has 0 aliphatic carbocycles. The molecule has 0 bridgehead atoms. The number of carbonyl (C=O) groups excluding carboxylic acids is 1. The predicted molar refractivity (Wildman–Crippen MR) is 46.9 cm³/mol. The maximum absolute atomic E-state index is 11.0. The van der Waals surface area contributed by atoms with Crippen molar-refractivity contribution in [3.8, 4) is 0 Å². The predicted octanol–water partition coefficient (Wildman–Crippen LogP) is 2.51. The van der Waals surface area contributed by atoms with Crippen LogP contribution >= 0.6 is 11.6 Å². The third-order valence-corrected chi connectivity index (χ3v) is 1.64. The Labute approximate surface area is 74.3 Å². The summed E-state index contributed by atoms with van der Waals surface area (Å²) in [6.45, 7) is 0. The van der Waals surface area contributed by atoms with Gasteiger partial charge in [0.05, 0.1) is 5.88 Å². The van der Waals surface area contributed by atoms with E-state index in [-0.39, 0.29) is 17.4 Å². The first kappa shape index (κ1) is 8.87. The van der Waals surface area contributed by atoms with E-state index in [0.29, 0.717) is 5.56 Å². The maximum Gasteiger partial charge on any atom is 0.177 e. The topological polar surface area (TPSA) is 46.5 Å². The van der Waals surface area contributed by atoms with Gasteiger partial charge >= 0.3 is 0 Å². The number of Topliss-reactive ketones (excluding diaryl/α,β-unsaturated/α-hetero) is 1. The van der Waals surface area contributed by atoms with E-state index >= 15 is 0 Å². The fourth-order valence-electron chi connectivity index (χ4n) is 0.813. The minimum absolute atomic E-state index is 0.0810. The Morgan fingerprint density at radius 2 is 2.25 bits per heavy atom.